The number of amides is 1. The van der Waals surface area contributed by atoms with E-state index in [4.69, 9.17) is 5.11 Å². The van der Waals surface area contributed by atoms with Crippen molar-refractivity contribution in [1.29, 1.82) is 0 Å². The molecule has 0 bridgehead atoms. The number of carboxylic acids is 1. The van der Waals surface area contributed by atoms with Gasteiger partial charge in [0.1, 0.15) is 0 Å². The number of hydrogen-bond donors (Lipinski definition) is 2. The van der Waals surface area contributed by atoms with Crippen molar-refractivity contribution < 1.29 is 14.7 Å². The van der Waals surface area contributed by atoms with E-state index in [1.54, 1.807) is 31.2 Å². The van der Waals surface area contributed by atoms with Gasteiger partial charge in [0.25, 0.3) is 0 Å². The van der Waals surface area contributed by atoms with Crippen LogP contribution in [0.3, 0.4) is 0 Å². The van der Waals surface area contributed by atoms with E-state index in [1.807, 2.05) is 0 Å². The molecule has 102 valence electrons. The summed E-state index contributed by atoms with van der Waals surface area (Å²) in [7, 11) is 0. The van der Waals surface area contributed by atoms with Crippen LogP contribution in [0.15, 0.2) is 24.3 Å². The van der Waals surface area contributed by atoms with Crippen molar-refractivity contribution in [1.82, 2.24) is 0 Å². The third-order valence-corrected chi connectivity index (χ3v) is 3.77. The van der Waals surface area contributed by atoms with E-state index in [2.05, 4.69) is 5.32 Å². The Morgan fingerprint density at radius 1 is 1.21 bits per heavy atom. The summed E-state index contributed by atoms with van der Waals surface area (Å²) in [6, 6.07) is 7.04. The Bertz CT molecular complexity index is 461. The predicted octanol–water partition coefficient (Wildman–Crippen LogP) is 3.00. The Balaban J connectivity index is 1.98. The van der Waals surface area contributed by atoms with Crippen LogP contribution < -0.4 is 5.32 Å². The standard InChI is InChI=1S/C15H19NO3/c1-10(15(18)19)11-6-8-13(9-7-11)16-14(17)12-4-2-3-5-12/h6-10,12H,2-5H2,1H3,(H,16,17)(H,18,19). The molecule has 19 heavy (non-hydrogen) atoms. The third-order valence-electron chi connectivity index (χ3n) is 3.77. The highest BCUT2D eigenvalue weighted by Crippen LogP contribution is 2.26. The lowest BCUT2D eigenvalue weighted by atomic mass is 10.0. The molecule has 4 nitrogen and oxygen atoms in total. The Morgan fingerprint density at radius 2 is 1.79 bits per heavy atom. The summed E-state index contributed by atoms with van der Waals surface area (Å²) in [5.74, 6) is -1.16. The average molecular weight is 261 g/mol. The summed E-state index contributed by atoms with van der Waals surface area (Å²) < 4.78 is 0. The highest BCUT2D eigenvalue weighted by molar-refractivity contribution is 5.92. The smallest absolute Gasteiger partial charge is 0.310 e. The number of anilines is 1. The molecular formula is C15H19NO3. The van der Waals surface area contributed by atoms with Gasteiger partial charge in [0.15, 0.2) is 0 Å². The molecule has 1 amide bonds. The van der Waals surface area contributed by atoms with Gasteiger partial charge in [-0.05, 0) is 37.5 Å². The predicted molar refractivity (Wildman–Crippen MR) is 73.1 cm³/mol. The number of rotatable bonds is 4. The van der Waals surface area contributed by atoms with Crippen LogP contribution in [-0.2, 0) is 9.59 Å². The second-order valence-electron chi connectivity index (χ2n) is 5.15. The number of nitrogens with one attached hydrogen (secondary N) is 1. The topological polar surface area (TPSA) is 66.4 Å². The number of aliphatic carboxylic acids is 1. The fourth-order valence-electron chi connectivity index (χ4n) is 2.43. The minimum Gasteiger partial charge on any atom is -0.481 e. The van der Waals surface area contributed by atoms with E-state index >= 15 is 0 Å². The highest BCUT2D eigenvalue weighted by atomic mass is 16.4. The minimum atomic E-state index is -0.845. The van der Waals surface area contributed by atoms with E-state index in [1.165, 1.54) is 0 Å². The zero-order valence-electron chi connectivity index (χ0n) is 11.1. The molecule has 0 radical (unpaired) electrons. The van der Waals surface area contributed by atoms with Gasteiger partial charge in [0, 0.05) is 11.6 Å². The molecule has 1 fully saturated rings. The van der Waals surface area contributed by atoms with Gasteiger partial charge in [0.05, 0.1) is 5.92 Å². The quantitative estimate of drug-likeness (QED) is 0.875. The summed E-state index contributed by atoms with van der Waals surface area (Å²) in [5, 5.41) is 11.8. The van der Waals surface area contributed by atoms with Gasteiger partial charge >= 0.3 is 5.97 Å². The Kier molecular flexibility index (Phi) is 4.20. The van der Waals surface area contributed by atoms with Crippen LogP contribution >= 0.6 is 0 Å². The monoisotopic (exact) mass is 261 g/mol. The zero-order valence-corrected chi connectivity index (χ0v) is 11.1. The summed E-state index contributed by atoms with van der Waals surface area (Å²) in [4.78, 5) is 22.8. The molecule has 0 heterocycles. The number of hydrogen-bond acceptors (Lipinski definition) is 2. The molecular weight excluding hydrogens is 242 g/mol. The first kappa shape index (κ1) is 13.6. The van der Waals surface area contributed by atoms with Gasteiger partial charge in [0.2, 0.25) is 5.91 Å². The van der Waals surface area contributed by atoms with Crippen molar-refractivity contribution in [3.63, 3.8) is 0 Å². The fourth-order valence-corrected chi connectivity index (χ4v) is 2.43. The van der Waals surface area contributed by atoms with E-state index < -0.39 is 11.9 Å². The molecule has 1 saturated carbocycles. The Hall–Kier alpha value is -1.84. The van der Waals surface area contributed by atoms with Crippen LogP contribution in [0.25, 0.3) is 0 Å². The van der Waals surface area contributed by atoms with Crippen molar-refractivity contribution in [3.8, 4) is 0 Å². The third kappa shape index (κ3) is 3.34. The van der Waals surface area contributed by atoms with Crippen LogP contribution in [0.2, 0.25) is 0 Å². The molecule has 1 aromatic rings. The Labute approximate surface area is 112 Å². The van der Waals surface area contributed by atoms with Crippen molar-refractivity contribution in [3.05, 3.63) is 29.8 Å². The Morgan fingerprint density at radius 3 is 2.32 bits per heavy atom. The second kappa shape index (κ2) is 5.87. The van der Waals surface area contributed by atoms with Crippen LogP contribution in [0.5, 0.6) is 0 Å². The van der Waals surface area contributed by atoms with Crippen LogP contribution in [-0.4, -0.2) is 17.0 Å². The fraction of sp³-hybridized carbons (Fsp3) is 0.467. The average Bonchev–Trinajstić information content (AvgIpc) is 2.92. The summed E-state index contributed by atoms with van der Waals surface area (Å²) in [5.41, 5.74) is 1.48. The lowest BCUT2D eigenvalue weighted by Gasteiger charge is -2.11. The van der Waals surface area contributed by atoms with Gasteiger partial charge in [-0.25, -0.2) is 0 Å². The normalized spacial score (nSPS) is 17.1. The molecule has 0 spiro atoms. The first-order valence-electron chi connectivity index (χ1n) is 6.71. The lowest BCUT2D eigenvalue weighted by Crippen LogP contribution is -2.20. The van der Waals surface area contributed by atoms with E-state index in [9.17, 15) is 9.59 Å². The van der Waals surface area contributed by atoms with Gasteiger partial charge in [-0.3, -0.25) is 9.59 Å². The number of carbonyl (C=O) groups excluding carboxylic acids is 1. The SMILES string of the molecule is CC(C(=O)O)c1ccc(NC(=O)C2CCCC2)cc1. The van der Waals surface area contributed by atoms with Crippen molar-refractivity contribution in [2.45, 2.75) is 38.5 Å². The molecule has 1 aliphatic rings. The molecule has 0 aliphatic heterocycles. The molecule has 1 aliphatic carbocycles. The summed E-state index contributed by atoms with van der Waals surface area (Å²) >= 11 is 0. The maximum atomic E-state index is 11.9. The van der Waals surface area contributed by atoms with Gasteiger partial charge < -0.3 is 10.4 Å². The molecule has 1 aromatic carbocycles. The number of carboxylic acid groups (broad SMARTS) is 1. The van der Waals surface area contributed by atoms with Crippen LogP contribution in [0, 0.1) is 5.92 Å². The van der Waals surface area contributed by atoms with Gasteiger partial charge in [-0.1, -0.05) is 25.0 Å². The molecule has 2 N–H and O–H groups in total. The van der Waals surface area contributed by atoms with Gasteiger partial charge in [-0.15, -0.1) is 0 Å². The van der Waals surface area contributed by atoms with Crippen LogP contribution in [0.1, 0.15) is 44.1 Å². The molecule has 4 heteroatoms. The number of benzene rings is 1. The molecule has 1 unspecified atom stereocenters. The first-order chi connectivity index (χ1) is 9.08. The minimum absolute atomic E-state index is 0.0801. The highest BCUT2D eigenvalue weighted by Gasteiger charge is 2.22. The second-order valence-corrected chi connectivity index (χ2v) is 5.15. The first-order valence-corrected chi connectivity index (χ1v) is 6.71. The molecule has 0 saturated heterocycles. The molecule has 0 aromatic heterocycles. The lowest BCUT2D eigenvalue weighted by molar-refractivity contribution is -0.138. The van der Waals surface area contributed by atoms with Crippen molar-refractivity contribution in [2.75, 3.05) is 5.32 Å². The van der Waals surface area contributed by atoms with E-state index in [0.717, 1.165) is 36.9 Å². The molecule has 2 rings (SSSR count). The zero-order chi connectivity index (χ0) is 13.8. The van der Waals surface area contributed by atoms with E-state index in [0.29, 0.717) is 0 Å². The maximum absolute atomic E-state index is 11.9. The van der Waals surface area contributed by atoms with Crippen molar-refractivity contribution in [2.24, 2.45) is 5.92 Å². The maximum Gasteiger partial charge on any atom is 0.310 e. The summed E-state index contributed by atoms with van der Waals surface area (Å²) in [6.45, 7) is 1.65. The summed E-state index contributed by atoms with van der Waals surface area (Å²) in [6.07, 6.45) is 4.21. The largest absolute Gasteiger partial charge is 0.481 e. The molecule has 1 atom stereocenters. The van der Waals surface area contributed by atoms with Crippen LogP contribution in [0.4, 0.5) is 5.69 Å². The van der Waals surface area contributed by atoms with Crippen molar-refractivity contribution >= 4 is 17.6 Å². The number of carbonyl (C=O) groups is 2. The van der Waals surface area contributed by atoms with Gasteiger partial charge in [-0.2, -0.15) is 0 Å². The van der Waals surface area contributed by atoms with E-state index in [-0.39, 0.29) is 11.8 Å².